The molecule has 0 aromatic carbocycles. The molecule has 0 radical (unpaired) electrons. The quantitative estimate of drug-likeness (QED) is 0.236. The summed E-state index contributed by atoms with van der Waals surface area (Å²) in [7, 11) is 5.71. The van der Waals surface area contributed by atoms with Gasteiger partial charge in [0.1, 0.15) is 0 Å². The van der Waals surface area contributed by atoms with Crippen LogP contribution in [0, 0.1) is 5.92 Å². The van der Waals surface area contributed by atoms with Crippen LogP contribution in [0.5, 0.6) is 0 Å². The van der Waals surface area contributed by atoms with E-state index in [1.54, 1.807) is 7.11 Å². The lowest BCUT2D eigenvalue weighted by molar-refractivity contribution is 0.180. The summed E-state index contributed by atoms with van der Waals surface area (Å²) in [5.41, 5.74) is 0. The Hall–Kier alpha value is -0.0800. The van der Waals surface area contributed by atoms with E-state index < -0.39 is 0 Å². The number of likely N-dealkylation sites (N-methyl/N-ethyl adjacent to an activating group) is 1. The van der Waals surface area contributed by atoms with E-state index in [2.05, 4.69) is 41.4 Å². The van der Waals surface area contributed by atoms with Gasteiger partial charge in [0.15, 0.2) is 5.96 Å². The maximum absolute atomic E-state index is 5.06. The van der Waals surface area contributed by atoms with Gasteiger partial charge in [-0.25, -0.2) is 0 Å². The maximum atomic E-state index is 5.06. The van der Waals surface area contributed by atoms with Crippen LogP contribution >= 0.6 is 24.0 Å². The summed E-state index contributed by atoms with van der Waals surface area (Å²) in [5.74, 6) is 1.63. The topological polar surface area (TPSA) is 48.9 Å². The third-order valence-electron chi connectivity index (χ3n) is 3.61. The van der Waals surface area contributed by atoms with Gasteiger partial charge >= 0.3 is 0 Å². The first-order valence-electron chi connectivity index (χ1n) is 7.79. The molecule has 0 unspecified atom stereocenters. The van der Waals surface area contributed by atoms with Gasteiger partial charge in [0, 0.05) is 46.9 Å². The lowest BCUT2D eigenvalue weighted by Gasteiger charge is -2.19. The Balaban J connectivity index is 0. The van der Waals surface area contributed by atoms with Crippen molar-refractivity contribution in [2.24, 2.45) is 10.9 Å². The molecule has 0 aliphatic rings. The molecule has 0 aliphatic carbocycles. The summed E-state index contributed by atoms with van der Waals surface area (Å²) < 4.78 is 5.06. The zero-order valence-electron chi connectivity index (χ0n) is 14.4. The van der Waals surface area contributed by atoms with Gasteiger partial charge in [0.05, 0.1) is 0 Å². The molecule has 0 saturated carbocycles. The van der Waals surface area contributed by atoms with Crippen LogP contribution in [0.15, 0.2) is 4.99 Å². The summed E-state index contributed by atoms with van der Waals surface area (Å²) in [5, 5.41) is 6.76. The third-order valence-corrected chi connectivity index (χ3v) is 3.61. The third kappa shape index (κ3) is 13.3. The molecule has 0 heterocycles. The molecule has 0 bridgehead atoms. The van der Waals surface area contributed by atoms with Crippen LogP contribution in [0.2, 0.25) is 0 Å². The highest BCUT2D eigenvalue weighted by molar-refractivity contribution is 14.0. The molecule has 0 aromatic rings. The van der Waals surface area contributed by atoms with E-state index in [1.165, 1.54) is 12.8 Å². The Morgan fingerprint density at radius 3 is 2.38 bits per heavy atom. The molecule has 2 N–H and O–H groups in total. The number of hydrogen-bond donors (Lipinski definition) is 2. The van der Waals surface area contributed by atoms with Gasteiger partial charge in [-0.3, -0.25) is 4.99 Å². The smallest absolute Gasteiger partial charge is 0.191 e. The van der Waals surface area contributed by atoms with E-state index in [-0.39, 0.29) is 24.0 Å². The monoisotopic (exact) mass is 414 g/mol. The van der Waals surface area contributed by atoms with Crippen molar-refractivity contribution in [3.05, 3.63) is 0 Å². The molecule has 0 atom stereocenters. The number of aliphatic imine (C=N–C) groups is 1. The van der Waals surface area contributed by atoms with Gasteiger partial charge in [0.2, 0.25) is 0 Å². The highest BCUT2D eigenvalue weighted by Gasteiger charge is 2.05. The molecule has 0 rings (SSSR count). The van der Waals surface area contributed by atoms with Crippen LogP contribution in [0.4, 0.5) is 0 Å². The molecule has 0 fully saturated rings. The summed E-state index contributed by atoms with van der Waals surface area (Å²) in [6.07, 6.45) is 3.50. The van der Waals surface area contributed by atoms with Crippen molar-refractivity contribution in [3.8, 4) is 0 Å². The van der Waals surface area contributed by atoms with Crippen LogP contribution in [0.3, 0.4) is 0 Å². The van der Waals surface area contributed by atoms with E-state index >= 15 is 0 Å². The Labute approximate surface area is 148 Å². The van der Waals surface area contributed by atoms with E-state index in [9.17, 15) is 0 Å². The zero-order valence-corrected chi connectivity index (χ0v) is 16.8. The van der Waals surface area contributed by atoms with Crippen molar-refractivity contribution >= 4 is 29.9 Å². The highest BCUT2D eigenvalue weighted by atomic mass is 127. The van der Waals surface area contributed by atoms with Crippen molar-refractivity contribution in [1.29, 1.82) is 0 Å². The Kier molecular flexibility index (Phi) is 18.0. The van der Waals surface area contributed by atoms with Gasteiger partial charge in [-0.15, -0.1) is 24.0 Å². The van der Waals surface area contributed by atoms with E-state index in [0.717, 1.165) is 51.1 Å². The van der Waals surface area contributed by atoms with Gasteiger partial charge in [-0.05, 0) is 19.4 Å². The van der Waals surface area contributed by atoms with E-state index in [0.29, 0.717) is 0 Å². The normalized spacial score (nSPS) is 11.7. The predicted octanol–water partition coefficient (Wildman–Crippen LogP) is 2.17. The Morgan fingerprint density at radius 2 is 1.86 bits per heavy atom. The minimum atomic E-state index is 0. The van der Waals surface area contributed by atoms with Gasteiger partial charge < -0.3 is 20.3 Å². The first-order chi connectivity index (χ1) is 9.67. The molecular weight excluding hydrogens is 379 g/mol. The standard InChI is InChI=1S/C15H34N4O.HI/c1-6-14(7-2)13-18-15(16-3)17-9-11-19(4)10-8-12-20-5;/h14H,6-13H2,1-5H3,(H2,16,17,18);1H. The average Bonchev–Trinajstić information content (AvgIpc) is 2.46. The average molecular weight is 414 g/mol. The van der Waals surface area contributed by atoms with Crippen molar-refractivity contribution in [1.82, 2.24) is 15.5 Å². The molecule has 5 nitrogen and oxygen atoms in total. The fourth-order valence-corrected chi connectivity index (χ4v) is 1.99. The first-order valence-corrected chi connectivity index (χ1v) is 7.79. The van der Waals surface area contributed by atoms with E-state index in [1.807, 2.05) is 7.05 Å². The zero-order chi connectivity index (χ0) is 15.2. The van der Waals surface area contributed by atoms with Crippen LogP contribution in [-0.4, -0.2) is 64.9 Å². The number of halogens is 1. The SMILES string of the molecule is CCC(CC)CNC(=NC)NCCN(C)CCCOC.I. The minimum absolute atomic E-state index is 0. The van der Waals surface area contributed by atoms with Crippen molar-refractivity contribution < 1.29 is 4.74 Å². The second-order valence-corrected chi connectivity index (χ2v) is 5.21. The van der Waals surface area contributed by atoms with E-state index in [4.69, 9.17) is 4.74 Å². The molecule has 0 saturated heterocycles. The molecule has 0 aliphatic heterocycles. The molecule has 0 spiro atoms. The Morgan fingerprint density at radius 1 is 1.19 bits per heavy atom. The summed E-state index contributed by atoms with van der Waals surface area (Å²) >= 11 is 0. The largest absolute Gasteiger partial charge is 0.385 e. The molecule has 0 amide bonds. The van der Waals surface area contributed by atoms with Crippen molar-refractivity contribution in [3.63, 3.8) is 0 Å². The lowest BCUT2D eigenvalue weighted by atomic mass is 10.0. The van der Waals surface area contributed by atoms with Crippen LogP contribution < -0.4 is 10.6 Å². The number of nitrogens with zero attached hydrogens (tertiary/aromatic N) is 2. The number of guanidine groups is 1. The summed E-state index contributed by atoms with van der Waals surface area (Å²) in [6, 6.07) is 0. The van der Waals surface area contributed by atoms with Gasteiger partial charge in [0.25, 0.3) is 0 Å². The summed E-state index contributed by atoms with van der Waals surface area (Å²) in [4.78, 5) is 6.56. The van der Waals surface area contributed by atoms with Crippen LogP contribution in [0.25, 0.3) is 0 Å². The van der Waals surface area contributed by atoms with Crippen LogP contribution in [0.1, 0.15) is 33.1 Å². The molecule has 6 heteroatoms. The molecule has 0 aromatic heterocycles. The highest BCUT2D eigenvalue weighted by Crippen LogP contribution is 2.04. The van der Waals surface area contributed by atoms with Crippen molar-refractivity contribution in [2.75, 3.05) is 54.0 Å². The fraction of sp³-hybridized carbons (Fsp3) is 0.933. The second-order valence-electron chi connectivity index (χ2n) is 5.21. The fourth-order valence-electron chi connectivity index (χ4n) is 1.99. The van der Waals surface area contributed by atoms with Crippen molar-refractivity contribution in [2.45, 2.75) is 33.1 Å². The molecule has 21 heavy (non-hydrogen) atoms. The molecular formula is C15H35IN4O. The predicted molar refractivity (Wildman–Crippen MR) is 103 cm³/mol. The number of rotatable bonds is 11. The number of hydrogen-bond acceptors (Lipinski definition) is 3. The summed E-state index contributed by atoms with van der Waals surface area (Å²) in [6.45, 7) is 9.28. The maximum Gasteiger partial charge on any atom is 0.191 e. The lowest BCUT2D eigenvalue weighted by Crippen LogP contribution is -2.42. The van der Waals surface area contributed by atoms with Gasteiger partial charge in [-0.1, -0.05) is 26.7 Å². The first kappa shape index (κ1) is 23.2. The number of nitrogens with one attached hydrogen (secondary N) is 2. The number of ether oxygens (including phenoxy) is 1. The van der Waals surface area contributed by atoms with Gasteiger partial charge in [-0.2, -0.15) is 0 Å². The molecule has 128 valence electrons. The number of methoxy groups -OCH3 is 1. The second kappa shape index (κ2) is 16.3. The minimum Gasteiger partial charge on any atom is -0.385 e. The van der Waals surface area contributed by atoms with Crippen LogP contribution in [-0.2, 0) is 4.74 Å². The Bertz CT molecular complexity index is 248.